The molecule has 1 rings (SSSR count). The number of hydrogen-bond acceptors (Lipinski definition) is 2. The van der Waals surface area contributed by atoms with E-state index < -0.39 is 0 Å². The highest BCUT2D eigenvalue weighted by Crippen LogP contribution is 2.19. The van der Waals surface area contributed by atoms with Gasteiger partial charge in [0.2, 0.25) is 0 Å². The second kappa shape index (κ2) is 3.27. The first-order valence-corrected chi connectivity index (χ1v) is 3.86. The standard InChI is InChI=1S/C10H12N2/c1-8-4-5-9(2)10(6-8)12(3)7-11/h4-6H,1-3H3. The Bertz CT molecular complexity index is 323. The molecule has 0 bridgehead atoms. The minimum atomic E-state index is 0.984. The van der Waals surface area contributed by atoms with Crippen molar-refractivity contribution >= 4 is 5.69 Å². The van der Waals surface area contributed by atoms with Crippen LogP contribution < -0.4 is 4.90 Å². The molecule has 0 heterocycles. The summed E-state index contributed by atoms with van der Waals surface area (Å²) >= 11 is 0. The van der Waals surface area contributed by atoms with Crippen molar-refractivity contribution in [1.29, 1.82) is 5.26 Å². The number of benzene rings is 1. The summed E-state index contributed by atoms with van der Waals surface area (Å²) in [6.45, 7) is 4.02. The van der Waals surface area contributed by atoms with E-state index in [4.69, 9.17) is 5.26 Å². The van der Waals surface area contributed by atoms with Crippen LogP contribution in [0.25, 0.3) is 0 Å². The van der Waals surface area contributed by atoms with Gasteiger partial charge < -0.3 is 0 Å². The number of rotatable bonds is 1. The van der Waals surface area contributed by atoms with Gasteiger partial charge in [0.25, 0.3) is 0 Å². The molecule has 0 radical (unpaired) electrons. The van der Waals surface area contributed by atoms with Crippen LogP contribution >= 0.6 is 0 Å². The smallest absolute Gasteiger partial charge is 0.184 e. The largest absolute Gasteiger partial charge is 0.282 e. The van der Waals surface area contributed by atoms with Crippen LogP contribution in [0, 0.1) is 25.3 Å². The highest BCUT2D eigenvalue weighted by Gasteiger charge is 2.02. The summed E-state index contributed by atoms with van der Waals surface area (Å²) in [4.78, 5) is 1.57. The average Bonchev–Trinajstić information content (AvgIpc) is 2.08. The summed E-state index contributed by atoms with van der Waals surface area (Å²) in [5, 5.41) is 8.68. The van der Waals surface area contributed by atoms with Crippen molar-refractivity contribution < 1.29 is 0 Å². The molecule has 0 unspecified atom stereocenters. The number of anilines is 1. The summed E-state index contributed by atoms with van der Waals surface area (Å²) in [6, 6.07) is 6.08. The number of hydrogen-bond donors (Lipinski definition) is 0. The minimum absolute atomic E-state index is 0.984. The predicted molar refractivity (Wildman–Crippen MR) is 49.9 cm³/mol. The van der Waals surface area contributed by atoms with Crippen molar-refractivity contribution in [3.63, 3.8) is 0 Å². The summed E-state index contributed by atoms with van der Waals surface area (Å²) in [5.74, 6) is 0. The van der Waals surface area contributed by atoms with Crippen molar-refractivity contribution in [3.05, 3.63) is 29.3 Å². The Morgan fingerprint density at radius 3 is 2.58 bits per heavy atom. The lowest BCUT2D eigenvalue weighted by Gasteiger charge is -2.12. The van der Waals surface area contributed by atoms with Gasteiger partial charge in [0, 0.05) is 7.05 Å². The van der Waals surface area contributed by atoms with E-state index in [2.05, 4.69) is 6.19 Å². The molecule has 0 atom stereocenters. The van der Waals surface area contributed by atoms with E-state index in [1.165, 1.54) is 5.56 Å². The molecule has 0 N–H and O–H groups in total. The molecule has 0 saturated carbocycles. The monoisotopic (exact) mass is 160 g/mol. The predicted octanol–water partition coefficient (Wildman–Crippen LogP) is 2.22. The topological polar surface area (TPSA) is 27.0 Å². The molecule has 0 spiro atoms. The third kappa shape index (κ3) is 1.57. The highest BCUT2D eigenvalue weighted by atomic mass is 15.1. The molecule has 0 fully saturated rings. The Morgan fingerprint density at radius 2 is 2.00 bits per heavy atom. The lowest BCUT2D eigenvalue weighted by Crippen LogP contribution is -2.09. The molecule has 12 heavy (non-hydrogen) atoms. The molecule has 62 valence electrons. The number of nitriles is 1. The summed E-state index contributed by atoms with van der Waals surface area (Å²) in [5.41, 5.74) is 3.29. The van der Waals surface area contributed by atoms with E-state index in [1.807, 2.05) is 32.0 Å². The molecule has 0 amide bonds. The molecule has 0 aliphatic heterocycles. The summed E-state index contributed by atoms with van der Waals surface area (Å²) < 4.78 is 0. The first-order chi connectivity index (χ1) is 5.65. The first kappa shape index (κ1) is 8.61. The third-order valence-corrected chi connectivity index (χ3v) is 1.88. The zero-order valence-corrected chi connectivity index (χ0v) is 7.63. The van der Waals surface area contributed by atoms with E-state index in [1.54, 1.807) is 11.9 Å². The van der Waals surface area contributed by atoms with Crippen LogP contribution in [-0.2, 0) is 0 Å². The number of nitrogens with zero attached hydrogens (tertiary/aromatic N) is 2. The van der Waals surface area contributed by atoms with Gasteiger partial charge in [-0.2, -0.15) is 5.26 Å². The van der Waals surface area contributed by atoms with E-state index >= 15 is 0 Å². The number of aryl methyl sites for hydroxylation is 2. The van der Waals surface area contributed by atoms with Crippen molar-refractivity contribution in [3.8, 4) is 6.19 Å². The van der Waals surface area contributed by atoms with Crippen molar-refractivity contribution in [2.24, 2.45) is 0 Å². The van der Waals surface area contributed by atoms with Crippen LogP contribution in [0.1, 0.15) is 11.1 Å². The zero-order valence-electron chi connectivity index (χ0n) is 7.63. The van der Waals surface area contributed by atoms with Crippen molar-refractivity contribution in [2.45, 2.75) is 13.8 Å². The van der Waals surface area contributed by atoms with Crippen LogP contribution in [0.15, 0.2) is 18.2 Å². The third-order valence-electron chi connectivity index (χ3n) is 1.88. The fraction of sp³-hybridized carbons (Fsp3) is 0.300. The lowest BCUT2D eigenvalue weighted by molar-refractivity contribution is 1.17. The molecule has 1 aromatic rings. The molecule has 2 heteroatoms. The van der Waals surface area contributed by atoms with Gasteiger partial charge in [-0.15, -0.1) is 0 Å². The molecule has 0 aromatic heterocycles. The molecular weight excluding hydrogens is 148 g/mol. The quantitative estimate of drug-likeness (QED) is 0.465. The van der Waals surface area contributed by atoms with Gasteiger partial charge in [-0.25, -0.2) is 0 Å². The molecule has 1 aromatic carbocycles. The van der Waals surface area contributed by atoms with E-state index in [9.17, 15) is 0 Å². The van der Waals surface area contributed by atoms with Crippen LogP contribution in [0.5, 0.6) is 0 Å². The Morgan fingerprint density at radius 1 is 1.33 bits per heavy atom. The maximum absolute atomic E-state index is 8.68. The second-order valence-electron chi connectivity index (χ2n) is 2.95. The second-order valence-corrected chi connectivity index (χ2v) is 2.95. The van der Waals surface area contributed by atoms with Crippen molar-refractivity contribution in [2.75, 3.05) is 11.9 Å². The van der Waals surface area contributed by atoms with Gasteiger partial charge in [0.15, 0.2) is 6.19 Å². The van der Waals surface area contributed by atoms with Crippen molar-refractivity contribution in [1.82, 2.24) is 0 Å². The SMILES string of the molecule is Cc1ccc(C)c(N(C)C#N)c1. The van der Waals surface area contributed by atoms with Crippen LogP contribution in [-0.4, -0.2) is 7.05 Å². The van der Waals surface area contributed by atoms with Crippen LogP contribution in [0.2, 0.25) is 0 Å². The van der Waals surface area contributed by atoms with Gasteiger partial charge in [-0.3, -0.25) is 4.90 Å². The van der Waals surface area contributed by atoms with Gasteiger partial charge >= 0.3 is 0 Å². The van der Waals surface area contributed by atoms with Gasteiger partial charge in [0.05, 0.1) is 5.69 Å². The molecule has 0 saturated heterocycles. The molecule has 0 aliphatic carbocycles. The zero-order chi connectivity index (χ0) is 9.14. The van der Waals surface area contributed by atoms with Crippen LogP contribution in [0.3, 0.4) is 0 Å². The molecule has 2 nitrogen and oxygen atoms in total. The normalized spacial score (nSPS) is 9.17. The molecule has 0 aliphatic rings. The Balaban J connectivity index is 3.15. The Kier molecular flexibility index (Phi) is 2.35. The lowest BCUT2D eigenvalue weighted by atomic mass is 10.1. The maximum atomic E-state index is 8.68. The van der Waals surface area contributed by atoms with E-state index in [-0.39, 0.29) is 0 Å². The Hall–Kier alpha value is -1.49. The highest BCUT2D eigenvalue weighted by molar-refractivity contribution is 5.56. The fourth-order valence-electron chi connectivity index (χ4n) is 1.13. The summed E-state index contributed by atoms with van der Waals surface area (Å²) in [6.07, 6.45) is 2.08. The van der Waals surface area contributed by atoms with Gasteiger partial charge in [0.1, 0.15) is 0 Å². The Labute approximate surface area is 73.0 Å². The van der Waals surface area contributed by atoms with Gasteiger partial charge in [-0.05, 0) is 31.0 Å². The van der Waals surface area contributed by atoms with E-state index in [0.717, 1.165) is 11.3 Å². The minimum Gasteiger partial charge on any atom is -0.282 e. The average molecular weight is 160 g/mol. The summed E-state index contributed by atoms with van der Waals surface area (Å²) in [7, 11) is 1.77. The van der Waals surface area contributed by atoms with E-state index in [0.29, 0.717) is 0 Å². The first-order valence-electron chi connectivity index (χ1n) is 3.86. The van der Waals surface area contributed by atoms with Gasteiger partial charge in [-0.1, -0.05) is 12.1 Å². The van der Waals surface area contributed by atoms with Crippen LogP contribution in [0.4, 0.5) is 5.69 Å². The fourth-order valence-corrected chi connectivity index (χ4v) is 1.13. The molecular formula is C10H12N2. The maximum Gasteiger partial charge on any atom is 0.184 e.